The first-order valence-electron chi connectivity index (χ1n) is 4.32. The molecule has 1 atom stereocenters. The summed E-state index contributed by atoms with van der Waals surface area (Å²) in [4.78, 5) is 11.3. The Balaban J connectivity index is 2.35. The van der Waals surface area contributed by atoms with Crippen molar-refractivity contribution in [1.29, 1.82) is 0 Å². The van der Waals surface area contributed by atoms with Crippen LogP contribution < -0.4 is 0 Å². The van der Waals surface area contributed by atoms with Crippen molar-refractivity contribution in [3.05, 3.63) is 24.3 Å². The fourth-order valence-electron chi connectivity index (χ4n) is 0.978. The molecule has 0 aromatic heterocycles. The quantitative estimate of drug-likeness (QED) is 0.279. The first-order chi connectivity index (χ1) is 6.27. The molecule has 3 nitrogen and oxygen atoms in total. The largest absolute Gasteiger partial charge is 0.458 e. The van der Waals surface area contributed by atoms with Crippen LogP contribution in [0.4, 0.5) is 0 Å². The molecule has 3 heteroatoms. The van der Waals surface area contributed by atoms with Crippen molar-refractivity contribution in [2.75, 3.05) is 13.2 Å². The second-order valence-electron chi connectivity index (χ2n) is 2.86. The van der Waals surface area contributed by atoms with Gasteiger partial charge in [0, 0.05) is 12.0 Å². The highest BCUT2D eigenvalue weighted by Gasteiger charge is 2.26. The lowest BCUT2D eigenvalue weighted by atomic mass is 10.1. The number of carbonyl (C=O) groups excluding carboxylic acids is 1. The van der Waals surface area contributed by atoms with E-state index in [1.54, 1.807) is 12.2 Å². The second-order valence-corrected chi connectivity index (χ2v) is 2.86. The molecule has 13 heavy (non-hydrogen) atoms. The van der Waals surface area contributed by atoms with Gasteiger partial charge in [-0.05, 0) is 6.92 Å². The third kappa shape index (κ3) is 3.42. The average molecular weight is 182 g/mol. The maximum absolute atomic E-state index is 11.3. The minimum Gasteiger partial charge on any atom is -0.458 e. The maximum atomic E-state index is 11.3. The van der Waals surface area contributed by atoms with E-state index in [0.717, 1.165) is 6.61 Å². The summed E-state index contributed by atoms with van der Waals surface area (Å²) in [5.74, 6) is -0.266. The Morgan fingerprint density at radius 2 is 2.46 bits per heavy atom. The van der Waals surface area contributed by atoms with Crippen molar-refractivity contribution >= 4 is 5.97 Å². The highest BCUT2D eigenvalue weighted by molar-refractivity contribution is 5.88. The van der Waals surface area contributed by atoms with Crippen molar-refractivity contribution < 1.29 is 14.3 Å². The van der Waals surface area contributed by atoms with Crippen molar-refractivity contribution in [2.45, 2.75) is 19.4 Å². The van der Waals surface area contributed by atoms with Crippen LogP contribution in [-0.4, -0.2) is 25.3 Å². The van der Waals surface area contributed by atoms with E-state index in [-0.39, 0.29) is 18.7 Å². The maximum Gasteiger partial charge on any atom is 0.334 e. The molecule has 0 aromatic rings. The first kappa shape index (κ1) is 9.99. The van der Waals surface area contributed by atoms with Gasteiger partial charge in [-0.25, -0.2) is 4.79 Å². The third-order valence-electron chi connectivity index (χ3n) is 1.79. The fourth-order valence-corrected chi connectivity index (χ4v) is 0.978. The topological polar surface area (TPSA) is 38.8 Å². The van der Waals surface area contributed by atoms with Gasteiger partial charge in [-0.1, -0.05) is 18.7 Å². The van der Waals surface area contributed by atoms with Crippen LogP contribution in [0.3, 0.4) is 0 Å². The van der Waals surface area contributed by atoms with E-state index in [4.69, 9.17) is 9.47 Å². The number of carbonyl (C=O) groups is 1. The highest BCUT2D eigenvalue weighted by atomic mass is 16.6. The number of allylic oxidation sites excluding steroid dienone is 1. The van der Waals surface area contributed by atoms with Gasteiger partial charge in [0.1, 0.15) is 6.61 Å². The Morgan fingerprint density at radius 1 is 1.77 bits per heavy atom. The van der Waals surface area contributed by atoms with Crippen LogP contribution in [-0.2, 0) is 14.3 Å². The van der Waals surface area contributed by atoms with Gasteiger partial charge in [-0.3, -0.25) is 0 Å². The van der Waals surface area contributed by atoms with Crippen LogP contribution in [0.15, 0.2) is 24.3 Å². The molecule has 1 unspecified atom stereocenters. The van der Waals surface area contributed by atoms with Gasteiger partial charge in [0.05, 0.1) is 12.7 Å². The molecular weight excluding hydrogens is 168 g/mol. The average Bonchev–Trinajstić information content (AvgIpc) is 2.93. The Hall–Kier alpha value is -1.09. The van der Waals surface area contributed by atoms with E-state index >= 15 is 0 Å². The van der Waals surface area contributed by atoms with E-state index in [9.17, 15) is 4.79 Å². The summed E-state index contributed by atoms with van der Waals surface area (Å²) in [6.45, 7) is 6.32. The lowest BCUT2D eigenvalue weighted by molar-refractivity contribution is -0.138. The molecular formula is C10H14O3. The molecule has 0 spiro atoms. The number of rotatable bonds is 5. The van der Waals surface area contributed by atoms with E-state index in [0.29, 0.717) is 12.0 Å². The van der Waals surface area contributed by atoms with Crippen LogP contribution in [0.25, 0.3) is 0 Å². The van der Waals surface area contributed by atoms with Crippen molar-refractivity contribution in [2.24, 2.45) is 0 Å². The molecule has 1 saturated heterocycles. The van der Waals surface area contributed by atoms with E-state index in [1.165, 1.54) is 0 Å². The molecule has 0 aliphatic carbocycles. The summed E-state index contributed by atoms with van der Waals surface area (Å²) in [7, 11) is 0. The summed E-state index contributed by atoms with van der Waals surface area (Å²) >= 11 is 0. The number of epoxide rings is 1. The number of esters is 1. The van der Waals surface area contributed by atoms with Gasteiger partial charge >= 0.3 is 5.97 Å². The van der Waals surface area contributed by atoms with Gasteiger partial charge in [0.2, 0.25) is 0 Å². The Kier molecular flexibility index (Phi) is 3.71. The Morgan fingerprint density at radius 3 is 2.92 bits per heavy atom. The lowest BCUT2D eigenvalue weighted by Gasteiger charge is -2.03. The van der Waals surface area contributed by atoms with E-state index in [1.807, 2.05) is 6.92 Å². The molecule has 0 aromatic carbocycles. The predicted octanol–water partition coefficient (Wildman–Crippen LogP) is 1.45. The highest BCUT2D eigenvalue weighted by Crippen LogP contribution is 2.19. The van der Waals surface area contributed by atoms with Crippen LogP contribution in [0.1, 0.15) is 13.3 Å². The number of hydrogen-bond donors (Lipinski definition) is 0. The monoisotopic (exact) mass is 182 g/mol. The van der Waals surface area contributed by atoms with Crippen LogP contribution in [0.5, 0.6) is 0 Å². The normalized spacial score (nSPS) is 21.0. The fraction of sp³-hybridized carbons (Fsp3) is 0.500. The minimum absolute atomic E-state index is 0.225. The Labute approximate surface area is 78.0 Å². The smallest absolute Gasteiger partial charge is 0.334 e. The number of ether oxygens (including phenoxy) is 2. The van der Waals surface area contributed by atoms with Crippen LogP contribution in [0, 0.1) is 0 Å². The zero-order valence-electron chi connectivity index (χ0n) is 7.79. The second kappa shape index (κ2) is 4.82. The molecule has 1 aliphatic heterocycles. The summed E-state index contributed by atoms with van der Waals surface area (Å²) in [5.41, 5.74) is 0.685. The van der Waals surface area contributed by atoms with Crippen molar-refractivity contribution in [3.63, 3.8) is 0 Å². The summed E-state index contributed by atoms with van der Waals surface area (Å²) in [5, 5.41) is 0. The zero-order valence-corrected chi connectivity index (χ0v) is 7.79. The number of hydrogen-bond acceptors (Lipinski definition) is 3. The van der Waals surface area contributed by atoms with E-state index in [2.05, 4.69) is 6.58 Å². The molecule has 1 rings (SSSR count). The van der Waals surface area contributed by atoms with Crippen LogP contribution in [0.2, 0.25) is 0 Å². The van der Waals surface area contributed by atoms with Gasteiger partial charge in [-0.15, -0.1) is 0 Å². The van der Waals surface area contributed by atoms with Crippen molar-refractivity contribution in [3.8, 4) is 0 Å². The summed E-state index contributed by atoms with van der Waals surface area (Å²) in [6.07, 6.45) is 4.21. The molecule has 1 heterocycles. The molecule has 0 radical (unpaired) electrons. The van der Waals surface area contributed by atoms with E-state index < -0.39 is 0 Å². The molecule has 72 valence electrons. The van der Waals surface area contributed by atoms with Crippen LogP contribution >= 0.6 is 0 Å². The van der Waals surface area contributed by atoms with Gasteiger partial charge in [0.25, 0.3) is 0 Å². The minimum atomic E-state index is -0.266. The molecule has 1 fully saturated rings. The SMILES string of the molecule is C=CCOC(=O)C(=CC)CC1CO1. The molecule has 0 bridgehead atoms. The molecule has 0 N–H and O–H groups in total. The molecule has 0 amide bonds. The predicted molar refractivity (Wildman–Crippen MR) is 49.3 cm³/mol. The summed E-state index contributed by atoms with van der Waals surface area (Å²) in [6, 6.07) is 0. The Bertz CT molecular complexity index is 226. The van der Waals surface area contributed by atoms with Crippen molar-refractivity contribution in [1.82, 2.24) is 0 Å². The lowest BCUT2D eigenvalue weighted by Crippen LogP contribution is -2.09. The summed E-state index contributed by atoms with van der Waals surface area (Å²) < 4.78 is 9.92. The van der Waals surface area contributed by atoms with Gasteiger partial charge in [-0.2, -0.15) is 0 Å². The van der Waals surface area contributed by atoms with Gasteiger partial charge < -0.3 is 9.47 Å². The van der Waals surface area contributed by atoms with Gasteiger partial charge in [0.15, 0.2) is 0 Å². The third-order valence-corrected chi connectivity index (χ3v) is 1.79. The molecule has 0 saturated carbocycles. The first-order valence-corrected chi connectivity index (χ1v) is 4.32. The molecule has 1 aliphatic rings. The zero-order chi connectivity index (χ0) is 9.68. The standard InChI is InChI=1S/C10H14O3/c1-3-5-12-10(11)8(4-2)6-9-7-13-9/h3-4,9H,1,5-7H2,2H3.